The average molecular weight is 390 g/mol. The van der Waals surface area contributed by atoms with Crippen LogP contribution >= 0.6 is 0 Å². The maximum Gasteiger partial charge on any atom is 0.319 e. The van der Waals surface area contributed by atoms with Crippen molar-refractivity contribution in [1.29, 1.82) is 0 Å². The van der Waals surface area contributed by atoms with Gasteiger partial charge in [0, 0.05) is 37.9 Å². The summed E-state index contributed by atoms with van der Waals surface area (Å²) in [6.07, 6.45) is 3.57. The zero-order valence-electron chi connectivity index (χ0n) is 15.8. The van der Waals surface area contributed by atoms with E-state index in [0.29, 0.717) is 12.5 Å². The molecule has 0 atom stereocenters. The molecule has 2 aromatic rings. The van der Waals surface area contributed by atoms with Gasteiger partial charge in [0.1, 0.15) is 23.1 Å². The molecule has 1 saturated heterocycles. The molecular weight excluding hydrogens is 366 g/mol. The van der Waals surface area contributed by atoms with Gasteiger partial charge < -0.3 is 20.9 Å². The number of nitrogens with zero attached hydrogens (tertiary/aromatic N) is 3. The summed E-state index contributed by atoms with van der Waals surface area (Å²) in [5.74, 6) is -0.267. The molecule has 2 heterocycles. The Labute approximate surface area is 162 Å². The molecule has 28 heavy (non-hydrogen) atoms. The molecule has 3 rings (SSSR count). The summed E-state index contributed by atoms with van der Waals surface area (Å²) < 4.78 is 27.1. The van der Waals surface area contributed by atoms with Crippen LogP contribution in [-0.4, -0.2) is 42.2 Å². The standard InChI is InChI=1S/C19H24F2N6O/c1-13-12-16(27-10-3-2-4-11-27)25-18(24-13)22-8-9-23-19(28)26-17-14(20)6-5-7-15(17)21/h5-7,12H,2-4,8-11H2,1H3,(H,22,24,25)(H2,23,26,28). The van der Waals surface area contributed by atoms with Crippen LogP contribution in [-0.2, 0) is 0 Å². The number of aryl methyl sites for hydroxylation is 1. The number of amides is 2. The van der Waals surface area contributed by atoms with E-state index in [2.05, 4.69) is 30.8 Å². The van der Waals surface area contributed by atoms with E-state index in [9.17, 15) is 13.6 Å². The lowest BCUT2D eigenvalue weighted by molar-refractivity contribution is 0.252. The molecule has 1 aromatic heterocycles. The molecule has 7 nitrogen and oxygen atoms in total. The number of para-hydroxylation sites is 1. The summed E-state index contributed by atoms with van der Waals surface area (Å²) >= 11 is 0. The largest absolute Gasteiger partial charge is 0.356 e. The van der Waals surface area contributed by atoms with Crippen LogP contribution in [0.2, 0.25) is 0 Å². The molecule has 1 aliphatic heterocycles. The van der Waals surface area contributed by atoms with Crippen LogP contribution in [0.15, 0.2) is 24.3 Å². The summed E-state index contributed by atoms with van der Waals surface area (Å²) in [4.78, 5) is 23.0. The maximum absolute atomic E-state index is 13.5. The zero-order valence-corrected chi connectivity index (χ0v) is 15.8. The molecule has 1 fully saturated rings. The number of rotatable bonds is 6. The van der Waals surface area contributed by atoms with Crippen LogP contribution in [0.4, 0.5) is 31.0 Å². The third kappa shape index (κ3) is 5.28. The molecule has 0 radical (unpaired) electrons. The Morgan fingerprint density at radius 2 is 1.82 bits per heavy atom. The number of benzene rings is 1. The minimum atomic E-state index is -0.827. The highest BCUT2D eigenvalue weighted by molar-refractivity contribution is 5.89. The number of hydrogen-bond donors (Lipinski definition) is 3. The fourth-order valence-electron chi connectivity index (χ4n) is 3.04. The Kier molecular flexibility index (Phi) is 6.57. The van der Waals surface area contributed by atoms with Crippen molar-refractivity contribution in [2.75, 3.05) is 41.7 Å². The molecule has 0 bridgehead atoms. The van der Waals surface area contributed by atoms with E-state index in [4.69, 9.17) is 0 Å². The van der Waals surface area contributed by atoms with Crippen molar-refractivity contribution in [1.82, 2.24) is 15.3 Å². The number of piperidine rings is 1. The monoisotopic (exact) mass is 390 g/mol. The summed E-state index contributed by atoms with van der Waals surface area (Å²) in [5.41, 5.74) is 0.389. The van der Waals surface area contributed by atoms with Crippen molar-refractivity contribution in [3.8, 4) is 0 Å². The fraction of sp³-hybridized carbons (Fsp3) is 0.421. The van der Waals surface area contributed by atoms with Gasteiger partial charge >= 0.3 is 6.03 Å². The van der Waals surface area contributed by atoms with E-state index in [-0.39, 0.29) is 6.54 Å². The first kappa shape index (κ1) is 19.8. The van der Waals surface area contributed by atoms with Gasteiger partial charge in [0.05, 0.1) is 0 Å². The molecule has 0 spiro atoms. The lowest BCUT2D eigenvalue weighted by Gasteiger charge is -2.28. The Morgan fingerprint density at radius 1 is 1.11 bits per heavy atom. The minimum absolute atomic E-state index is 0.234. The number of carbonyl (C=O) groups excluding carboxylic acids is 1. The Bertz CT molecular complexity index is 806. The number of nitrogens with one attached hydrogen (secondary N) is 3. The third-order valence-corrected chi connectivity index (χ3v) is 4.42. The van der Waals surface area contributed by atoms with Crippen molar-refractivity contribution < 1.29 is 13.6 Å². The first-order valence-electron chi connectivity index (χ1n) is 9.36. The first-order valence-corrected chi connectivity index (χ1v) is 9.36. The molecule has 3 N–H and O–H groups in total. The Hall–Kier alpha value is -2.97. The van der Waals surface area contributed by atoms with Crippen molar-refractivity contribution in [2.24, 2.45) is 0 Å². The second-order valence-corrected chi connectivity index (χ2v) is 6.64. The summed E-state index contributed by atoms with van der Waals surface area (Å²) in [6.45, 7) is 4.50. The van der Waals surface area contributed by atoms with Crippen molar-refractivity contribution in [3.05, 3.63) is 41.6 Å². The van der Waals surface area contributed by atoms with Gasteiger partial charge in [-0.05, 0) is 38.3 Å². The maximum atomic E-state index is 13.5. The minimum Gasteiger partial charge on any atom is -0.356 e. The Balaban J connectivity index is 1.48. The van der Waals surface area contributed by atoms with Crippen LogP contribution in [0.25, 0.3) is 0 Å². The molecule has 0 unspecified atom stereocenters. The summed E-state index contributed by atoms with van der Waals surface area (Å²) in [5, 5.41) is 7.78. The van der Waals surface area contributed by atoms with Gasteiger partial charge in [-0.1, -0.05) is 6.07 Å². The fourth-order valence-corrected chi connectivity index (χ4v) is 3.04. The van der Waals surface area contributed by atoms with E-state index >= 15 is 0 Å². The van der Waals surface area contributed by atoms with Crippen LogP contribution in [0.5, 0.6) is 0 Å². The van der Waals surface area contributed by atoms with Crippen molar-refractivity contribution >= 4 is 23.5 Å². The Morgan fingerprint density at radius 3 is 2.54 bits per heavy atom. The van der Waals surface area contributed by atoms with E-state index in [1.54, 1.807) is 0 Å². The number of aromatic nitrogens is 2. The van der Waals surface area contributed by atoms with Gasteiger partial charge in [-0.25, -0.2) is 18.6 Å². The lowest BCUT2D eigenvalue weighted by atomic mass is 10.1. The van der Waals surface area contributed by atoms with Crippen molar-refractivity contribution in [2.45, 2.75) is 26.2 Å². The predicted molar refractivity (Wildman–Crippen MR) is 105 cm³/mol. The van der Waals surface area contributed by atoms with Crippen LogP contribution < -0.4 is 20.9 Å². The van der Waals surface area contributed by atoms with Gasteiger partial charge in [0.2, 0.25) is 5.95 Å². The zero-order chi connectivity index (χ0) is 19.9. The quantitative estimate of drug-likeness (QED) is 0.660. The highest BCUT2D eigenvalue weighted by Crippen LogP contribution is 2.20. The highest BCUT2D eigenvalue weighted by Gasteiger charge is 2.14. The van der Waals surface area contributed by atoms with Crippen molar-refractivity contribution in [3.63, 3.8) is 0 Å². The number of anilines is 3. The van der Waals surface area contributed by atoms with Gasteiger partial charge in [-0.15, -0.1) is 0 Å². The van der Waals surface area contributed by atoms with Crippen LogP contribution in [0.1, 0.15) is 25.0 Å². The SMILES string of the molecule is Cc1cc(N2CCCCC2)nc(NCCNC(=O)Nc2c(F)cccc2F)n1. The molecule has 1 aliphatic rings. The summed E-state index contributed by atoms with van der Waals surface area (Å²) in [7, 11) is 0. The number of urea groups is 1. The van der Waals surface area contributed by atoms with E-state index in [1.165, 1.54) is 12.5 Å². The smallest absolute Gasteiger partial charge is 0.319 e. The number of halogens is 2. The van der Waals surface area contributed by atoms with Gasteiger partial charge in [0.25, 0.3) is 0 Å². The van der Waals surface area contributed by atoms with Crippen LogP contribution in [0, 0.1) is 18.6 Å². The second-order valence-electron chi connectivity index (χ2n) is 6.64. The molecule has 0 aliphatic carbocycles. The molecule has 150 valence electrons. The second kappa shape index (κ2) is 9.29. The summed E-state index contributed by atoms with van der Waals surface area (Å²) in [6, 6.07) is 4.66. The normalized spacial score (nSPS) is 13.9. The van der Waals surface area contributed by atoms with Gasteiger partial charge in [-0.2, -0.15) is 4.98 Å². The predicted octanol–water partition coefficient (Wildman–Crippen LogP) is 3.29. The third-order valence-electron chi connectivity index (χ3n) is 4.42. The number of carbonyl (C=O) groups is 1. The molecule has 1 aromatic carbocycles. The molecule has 0 saturated carbocycles. The lowest BCUT2D eigenvalue weighted by Crippen LogP contribution is -2.33. The highest BCUT2D eigenvalue weighted by atomic mass is 19.1. The molecule has 9 heteroatoms. The first-order chi connectivity index (χ1) is 13.5. The van der Waals surface area contributed by atoms with E-state index < -0.39 is 23.4 Å². The average Bonchev–Trinajstić information content (AvgIpc) is 2.68. The van der Waals surface area contributed by atoms with Crippen LogP contribution in [0.3, 0.4) is 0 Å². The van der Waals surface area contributed by atoms with Gasteiger partial charge in [0.15, 0.2) is 0 Å². The topological polar surface area (TPSA) is 82.2 Å². The molecular formula is C19H24F2N6O. The van der Waals surface area contributed by atoms with E-state index in [0.717, 1.165) is 49.6 Å². The number of hydrogen-bond acceptors (Lipinski definition) is 5. The van der Waals surface area contributed by atoms with Gasteiger partial charge in [-0.3, -0.25) is 0 Å². The van der Waals surface area contributed by atoms with E-state index in [1.807, 2.05) is 13.0 Å². The molecule has 2 amide bonds.